The second-order valence-electron chi connectivity index (χ2n) is 7.22. The molecule has 0 aromatic heterocycles. The molecule has 7 heteroatoms. The van der Waals surface area contributed by atoms with Crippen LogP contribution in [0.5, 0.6) is 0 Å². The van der Waals surface area contributed by atoms with Crippen molar-refractivity contribution in [1.82, 2.24) is 10.6 Å². The van der Waals surface area contributed by atoms with Crippen LogP contribution in [0.25, 0.3) is 0 Å². The highest BCUT2D eigenvalue weighted by atomic mass is 32.2. The Morgan fingerprint density at radius 1 is 1.04 bits per heavy atom. The molecule has 0 saturated carbocycles. The van der Waals surface area contributed by atoms with Crippen LogP contribution in [0.2, 0.25) is 0 Å². The van der Waals surface area contributed by atoms with Gasteiger partial charge in [0.15, 0.2) is 15.8 Å². The fourth-order valence-corrected chi connectivity index (χ4v) is 4.35. The van der Waals surface area contributed by atoms with Gasteiger partial charge >= 0.3 is 0 Å². The van der Waals surface area contributed by atoms with Crippen molar-refractivity contribution in [3.8, 4) is 0 Å². The van der Waals surface area contributed by atoms with Crippen LogP contribution >= 0.6 is 0 Å². The molecule has 0 spiro atoms. The molecule has 2 N–H and O–H groups in total. The Morgan fingerprint density at radius 2 is 1.79 bits per heavy atom. The van der Waals surface area contributed by atoms with Gasteiger partial charge in [-0.2, -0.15) is 0 Å². The Hall–Kier alpha value is -2.41. The molecule has 2 aromatic carbocycles. The van der Waals surface area contributed by atoms with Crippen LogP contribution in [0, 0.1) is 5.82 Å². The highest BCUT2D eigenvalue weighted by Crippen LogP contribution is 2.22. The number of hydrogen-bond donors (Lipinski definition) is 2. The molecule has 0 radical (unpaired) electrons. The standard InChI is InChI=1S/C21H26FN3O2S/c1-23-21(24-12-15-6-7-16-4-3-5-17(16)10-15)25-13-19-11-20(22)9-8-18(19)14-28(2,26)27/h6-11H,3-5,12-14H2,1-2H3,(H2,23,24,25). The third-order valence-corrected chi connectivity index (χ3v) is 5.71. The molecule has 0 fully saturated rings. The Morgan fingerprint density at radius 3 is 2.54 bits per heavy atom. The summed E-state index contributed by atoms with van der Waals surface area (Å²) in [4.78, 5) is 4.20. The topological polar surface area (TPSA) is 70.6 Å². The Bertz CT molecular complexity index is 987. The summed E-state index contributed by atoms with van der Waals surface area (Å²) >= 11 is 0. The molecule has 1 aliphatic carbocycles. The first kappa shape index (κ1) is 20.3. The SMILES string of the molecule is CN=C(NCc1ccc2c(c1)CCC2)NCc1cc(F)ccc1CS(C)(=O)=O. The van der Waals surface area contributed by atoms with Gasteiger partial charge in [-0.15, -0.1) is 0 Å². The van der Waals surface area contributed by atoms with Crippen molar-refractivity contribution >= 4 is 15.8 Å². The molecule has 150 valence electrons. The third kappa shape index (κ3) is 5.55. The lowest BCUT2D eigenvalue weighted by atomic mass is 10.1. The van der Waals surface area contributed by atoms with Crippen LogP contribution in [0.15, 0.2) is 41.4 Å². The number of hydrogen-bond acceptors (Lipinski definition) is 3. The lowest BCUT2D eigenvalue weighted by molar-refractivity contribution is 0.599. The van der Waals surface area contributed by atoms with Gasteiger partial charge in [0.1, 0.15) is 5.82 Å². The zero-order chi connectivity index (χ0) is 20.1. The van der Waals surface area contributed by atoms with E-state index >= 15 is 0 Å². The van der Waals surface area contributed by atoms with Gasteiger partial charge in [0.2, 0.25) is 0 Å². The molecule has 0 heterocycles. The minimum atomic E-state index is -3.20. The first-order chi connectivity index (χ1) is 13.3. The maximum Gasteiger partial charge on any atom is 0.191 e. The number of aryl methyl sites for hydroxylation is 2. The van der Waals surface area contributed by atoms with Gasteiger partial charge in [-0.25, -0.2) is 12.8 Å². The largest absolute Gasteiger partial charge is 0.352 e. The Balaban J connectivity index is 1.62. The second-order valence-corrected chi connectivity index (χ2v) is 9.36. The van der Waals surface area contributed by atoms with E-state index in [4.69, 9.17) is 0 Å². The van der Waals surface area contributed by atoms with E-state index in [2.05, 4.69) is 33.8 Å². The smallest absolute Gasteiger partial charge is 0.191 e. The van der Waals surface area contributed by atoms with Crippen LogP contribution in [-0.4, -0.2) is 27.7 Å². The monoisotopic (exact) mass is 403 g/mol. The highest BCUT2D eigenvalue weighted by Gasteiger charge is 2.12. The van der Waals surface area contributed by atoms with Crippen molar-refractivity contribution in [2.75, 3.05) is 13.3 Å². The van der Waals surface area contributed by atoms with Crippen LogP contribution < -0.4 is 10.6 Å². The molecular weight excluding hydrogens is 377 g/mol. The van der Waals surface area contributed by atoms with E-state index in [1.165, 1.54) is 47.6 Å². The van der Waals surface area contributed by atoms with Gasteiger partial charge in [-0.05, 0) is 59.2 Å². The predicted molar refractivity (Wildman–Crippen MR) is 110 cm³/mol. The summed E-state index contributed by atoms with van der Waals surface area (Å²) in [7, 11) is -1.54. The van der Waals surface area contributed by atoms with Crippen molar-refractivity contribution in [2.45, 2.75) is 38.1 Å². The summed E-state index contributed by atoms with van der Waals surface area (Å²) in [6, 6.07) is 10.7. The fourth-order valence-electron chi connectivity index (χ4n) is 3.50. The van der Waals surface area contributed by atoms with Gasteiger partial charge in [0.05, 0.1) is 5.75 Å². The number of nitrogens with one attached hydrogen (secondary N) is 2. The Labute approximate surface area is 166 Å². The third-order valence-electron chi connectivity index (χ3n) is 4.88. The second kappa shape index (κ2) is 8.73. The van der Waals surface area contributed by atoms with Gasteiger partial charge < -0.3 is 10.6 Å². The van der Waals surface area contributed by atoms with E-state index in [1.54, 1.807) is 7.05 Å². The molecular formula is C21H26FN3O2S. The molecule has 0 aliphatic heterocycles. The number of guanidine groups is 1. The fraction of sp³-hybridized carbons (Fsp3) is 0.381. The molecule has 0 amide bonds. The number of nitrogens with zero attached hydrogens (tertiary/aromatic N) is 1. The average molecular weight is 404 g/mol. The van der Waals surface area contributed by atoms with Gasteiger partial charge in [-0.1, -0.05) is 24.3 Å². The molecule has 1 aliphatic rings. The van der Waals surface area contributed by atoms with E-state index in [9.17, 15) is 12.8 Å². The molecule has 0 unspecified atom stereocenters. The van der Waals surface area contributed by atoms with E-state index < -0.39 is 15.7 Å². The van der Waals surface area contributed by atoms with Gasteiger partial charge in [0.25, 0.3) is 0 Å². The molecule has 0 saturated heterocycles. The Kier molecular flexibility index (Phi) is 6.34. The van der Waals surface area contributed by atoms with Crippen molar-refractivity contribution in [2.24, 2.45) is 4.99 Å². The highest BCUT2D eigenvalue weighted by molar-refractivity contribution is 7.89. The average Bonchev–Trinajstić information content (AvgIpc) is 3.10. The maximum atomic E-state index is 13.6. The van der Waals surface area contributed by atoms with E-state index in [1.807, 2.05) is 0 Å². The number of halogens is 1. The first-order valence-electron chi connectivity index (χ1n) is 9.34. The molecule has 2 aromatic rings. The lowest BCUT2D eigenvalue weighted by Crippen LogP contribution is -2.36. The van der Waals surface area contributed by atoms with Gasteiger partial charge in [0, 0.05) is 26.4 Å². The summed E-state index contributed by atoms with van der Waals surface area (Å²) in [5, 5.41) is 6.40. The van der Waals surface area contributed by atoms with Crippen LogP contribution in [-0.2, 0) is 41.5 Å². The quantitative estimate of drug-likeness (QED) is 0.575. The predicted octanol–water partition coefficient (Wildman–Crippen LogP) is 2.72. The van der Waals surface area contributed by atoms with E-state index in [0.717, 1.165) is 12.8 Å². The van der Waals surface area contributed by atoms with E-state index in [0.29, 0.717) is 23.6 Å². The van der Waals surface area contributed by atoms with Crippen LogP contribution in [0.4, 0.5) is 4.39 Å². The summed E-state index contributed by atoms with van der Waals surface area (Å²) < 4.78 is 36.9. The van der Waals surface area contributed by atoms with Crippen LogP contribution in [0.1, 0.15) is 34.2 Å². The number of fused-ring (bicyclic) bond motifs is 1. The normalized spacial score (nSPS) is 14.0. The van der Waals surface area contributed by atoms with Crippen molar-refractivity contribution in [1.29, 1.82) is 0 Å². The zero-order valence-corrected chi connectivity index (χ0v) is 17.1. The minimum absolute atomic E-state index is 0.120. The number of rotatable bonds is 6. The summed E-state index contributed by atoms with van der Waals surface area (Å²) in [5.74, 6) is 0.0658. The van der Waals surface area contributed by atoms with Crippen molar-refractivity contribution in [3.63, 3.8) is 0 Å². The molecule has 0 atom stereocenters. The molecule has 0 bridgehead atoms. The summed E-state index contributed by atoms with van der Waals surface area (Å²) in [6.07, 6.45) is 4.69. The molecule has 5 nitrogen and oxygen atoms in total. The van der Waals surface area contributed by atoms with E-state index in [-0.39, 0.29) is 12.3 Å². The zero-order valence-electron chi connectivity index (χ0n) is 16.3. The summed E-state index contributed by atoms with van der Waals surface area (Å²) in [6.45, 7) is 0.915. The van der Waals surface area contributed by atoms with Gasteiger partial charge in [-0.3, -0.25) is 4.99 Å². The minimum Gasteiger partial charge on any atom is -0.352 e. The van der Waals surface area contributed by atoms with Crippen molar-refractivity contribution in [3.05, 3.63) is 70.0 Å². The number of aliphatic imine (C=N–C) groups is 1. The van der Waals surface area contributed by atoms with Crippen molar-refractivity contribution < 1.29 is 12.8 Å². The first-order valence-corrected chi connectivity index (χ1v) is 11.4. The lowest BCUT2D eigenvalue weighted by Gasteiger charge is -2.15. The maximum absolute atomic E-state index is 13.6. The molecule has 3 rings (SSSR count). The molecule has 28 heavy (non-hydrogen) atoms. The number of sulfone groups is 1. The summed E-state index contributed by atoms with van der Waals surface area (Å²) in [5.41, 5.74) is 5.24. The van der Waals surface area contributed by atoms with Crippen LogP contribution in [0.3, 0.4) is 0 Å². The number of benzene rings is 2.